The lowest BCUT2D eigenvalue weighted by Crippen LogP contribution is -2.53. The average Bonchev–Trinajstić information content (AvgIpc) is 2.92. The fourth-order valence-corrected chi connectivity index (χ4v) is 5.52. The molecule has 1 aliphatic rings. The van der Waals surface area contributed by atoms with Gasteiger partial charge in [0.25, 0.3) is 0 Å². The van der Waals surface area contributed by atoms with E-state index in [4.69, 9.17) is 9.47 Å². The summed E-state index contributed by atoms with van der Waals surface area (Å²) in [6.07, 6.45) is 4.71. The van der Waals surface area contributed by atoms with E-state index in [0.717, 1.165) is 37.7 Å². The summed E-state index contributed by atoms with van der Waals surface area (Å²) < 4.78 is 24.6. The first-order valence-electron chi connectivity index (χ1n) is 14.2. The maximum Gasteiger partial charge on any atom is 0.317 e. The number of carbonyl (C=O) groups is 1. The van der Waals surface area contributed by atoms with Crippen molar-refractivity contribution in [1.82, 2.24) is 15.5 Å². The number of ether oxygens (including phenoxy) is 2. The van der Waals surface area contributed by atoms with Crippen molar-refractivity contribution in [3.63, 3.8) is 0 Å². The van der Waals surface area contributed by atoms with E-state index in [1.165, 1.54) is 12.1 Å². The minimum atomic E-state index is -1.14. The van der Waals surface area contributed by atoms with E-state index in [-0.39, 0.29) is 23.8 Å². The second-order valence-electron chi connectivity index (χ2n) is 11.1. The Bertz CT molecular complexity index is 1020. The van der Waals surface area contributed by atoms with Crippen LogP contribution in [-0.4, -0.2) is 62.5 Å². The summed E-state index contributed by atoms with van der Waals surface area (Å²) >= 11 is 0. The number of aliphatic hydroxyl groups is 1. The van der Waals surface area contributed by atoms with Gasteiger partial charge in [-0.3, -0.25) is 0 Å². The lowest BCUT2D eigenvalue weighted by molar-refractivity contribution is -0.0564. The van der Waals surface area contributed by atoms with Crippen LogP contribution in [0.1, 0.15) is 57.9 Å². The Labute approximate surface area is 233 Å². The molecule has 8 heteroatoms. The zero-order valence-electron chi connectivity index (χ0n) is 23.9. The largest absolute Gasteiger partial charge is 0.457 e. The van der Waals surface area contributed by atoms with Gasteiger partial charge in [0.15, 0.2) is 0 Å². The lowest BCUT2D eigenvalue weighted by atomic mass is 9.74. The molecule has 1 fully saturated rings. The Morgan fingerprint density at radius 1 is 1.18 bits per heavy atom. The number of unbranched alkanes of at least 4 members (excludes halogenated alkanes) is 1. The van der Waals surface area contributed by atoms with Crippen LogP contribution in [0.25, 0.3) is 0 Å². The van der Waals surface area contributed by atoms with Gasteiger partial charge in [-0.15, -0.1) is 0 Å². The number of benzene rings is 2. The fourth-order valence-electron chi connectivity index (χ4n) is 5.52. The standard InChI is InChI=1S/C31H46FN3O4/c1-23(2)19-27(21-33-3)34-30(36)35-17-8-10-25(22-35)31(37,16-5-6-18-38-4)24-9-7-11-29(20-24)39-28-14-12-26(32)13-15-28/h7,9,11-15,20,23,25,27,33,37H,5-6,8,10,16-19,21-22H2,1-4H3,(H,34,36)/t25-,27?,31-/m1/s1. The highest BCUT2D eigenvalue weighted by Gasteiger charge is 2.41. The zero-order valence-corrected chi connectivity index (χ0v) is 23.9. The Hall–Kier alpha value is -2.68. The second kappa shape index (κ2) is 15.2. The summed E-state index contributed by atoms with van der Waals surface area (Å²) in [4.78, 5) is 15.2. The third-order valence-corrected chi connectivity index (χ3v) is 7.46. The Morgan fingerprint density at radius 2 is 1.95 bits per heavy atom. The van der Waals surface area contributed by atoms with Crippen LogP contribution in [-0.2, 0) is 10.3 Å². The number of hydrogen-bond donors (Lipinski definition) is 3. The number of urea groups is 1. The first-order chi connectivity index (χ1) is 18.7. The van der Waals surface area contributed by atoms with Crippen LogP contribution in [0, 0.1) is 17.7 Å². The summed E-state index contributed by atoms with van der Waals surface area (Å²) in [7, 11) is 3.58. The first-order valence-corrected chi connectivity index (χ1v) is 14.2. The molecular weight excluding hydrogens is 497 g/mol. The minimum absolute atomic E-state index is 0.0519. The molecule has 2 aromatic rings. The van der Waals surface area contributed by atoms with E-state index in [1.807, 2.05) is 36.2 Å². The minimum Gasteiger partial charge on any atom is -0.457 e. The molecule has 3 N–H and O–H groups in total. The van der Waals surface area contributed by atoms with Gasteiger partial charge in [0.2, 0.25) is 0 Å². The van der Waals surface area contributed by atoms with E-state index in [9.17, 15) is 14.3 Å². The van der Waals surface area contributed by atoms with Gasteiger partial charge in [-0.2, -0.15) is 0 Å². The zero-order chi connectivity index (χ0) is 28.3. The van der Waals surface area contributed by atoms with Gasteiger partial charge < -0.3 is 30.1 Å². The summed E-state index contributed by atoms with van der Waals surface area (Å²) in [5, 5.41) is 18.7. The molecule has 0 saturated carbocycles. The molecule has 2 amide bonds. The molecule has 216 valence electrons. The Kier molecular flexibility index (Phi) is 12.0. The molecule has 0 radical (unpaired) electrons. The van der Waals surface area contributed by atoms with Crippen molar-refractivity contribution < 1.29 is 23.8 Å². The molecule has 39 heavy (non-hydrogen) atoms. The smallest absolute Gasteiger partial charge is 0.317 e. The maximum absolute atomic E-state index is 13.3. The molecule has 0 bridgehead atoms. The number of hydrogen-bond acceptors (Lipinski definition) is 5. The number of methoxy groups -OCH3 is 1. The van der Waals surface area contributed by atoms with Crippen LogP contribution < -0.4 is 15.4 Å². The molecule has 0 aliphatic carbocycles. The number of likely N-dealkylation sites (N-methyl/N-ethyl adjacent to an activating group) is 1. The van der Waals surface area contributed by atoms with E-state index in [0.29, 0.717) is 50.1 Å². The molecule has 1 saturated heterocycles. The number of likely N-dealkylation sites (tertiary alicyclic amines) is 1. The van der Waals surface area contributed by atoms with Crippen molar-refractivity contribution in [1.29, 1.82) is 0 Å². The summed E-state index contributed by atoms with van der Waals surface area (Å²) in [6.45, 7) is 6.80. The summed E-state index contributed by atoms with van der Waals surface area (Å²) in [6, 6.07) is 13.3. The van der Waals surface area contributed by atoms with Gasteiger partial charge in [0.1, 0.15) is 17.3 Å². The van der Waals surface area contributed by atoms with Crippen LogP contribution in [0.4, 0.5) is 9.18 Å². The lowest BCUT2D eigenvalue weighted by Gasteiger charge is -2.43. The van der Waals surface area contributed by atoms with Crippen molar-refractivity contribution in [3.05, 3.63) is 59.9 Å². The summed E-state index contributed by atoms with van der Waals surface area (Å²) in [5.74, 6) is 1.11. The summed E-state index contributed by atoms with van der Waals surface area (Å²) in [5.41, 5.74) is -0.378. The van der Waals surface area contributed by atoms with Crippen molar-refractivity contribution in [2.24, 2.45) is 11.8 Å². The normalized spacial score (nSPS) is 18.0. The molecule has 1 aliphatic heterocycles. The predicted octanol–water partition coefficient (Wildman–Crippen LogP) is 5.68. The molecule has 0 aromatic heterocycles. The number of amides is 2. The van der Waals surface area contributed by atoms with Crippen molar-refractivity contribution in [2.75, 3.05) is 40.4 Å². The molecule has 2 aromatic carbocycles. The molecule has 3 atom stereocenters. The quantitative estimate of drug-likeness (QED) is 0.267. The second-order valence-corrected chi connectivity index (χ2v) is 11.1. The highest BCUT2D eigenvalue weighted by Crippen LogP contribution is 2.41. The van der Waals surface area contributed by atoms with Gasteiger partial charge in [-0.05, 0) is 93.5 Å². The molecule has 3 rings (SSSR count). The van der Waals surface area contributed by atoms with Gasteiger partial charge >= 0.3 is 6.03 Å². The van der Waals surface area contributed by atoms with Crippen molar-refractivity contribution in [3.8, 4) is 11.5 Å². The number of piperidine rings is 1. The first kappa shape index (κ1) is 30.9. The van der Waals surface area contributed by atoms with Gasteiger partial charge in [-0.25, -0.2) is 9.18 Å². The van der Waals surface area contributed by atoms with E-state index < -0.39 is 5.60 Å². The topological polar surface area (TPSA) is 83.1 Å². The predicted molar refractivity (Wildman–Crippen MR) is 153 cm³/mol. The van der Waals surface area contributed by atoms with Crippen molar-refractivity contribution >= 4 is 6.03 Å². The molecule has 0 spiro atoms. The van der Waals surface area contributed by atoms with Crippen LogP contribution >= 0.6 is 0 Å². The fraction of sp³-hybridized carbons (Fsp3) is 0.581. The number of nitrogens with zero attached hydrogens (tertiary/aromatic N) is 1. The van der Waals surface area contributed by atoms with Crippen LogP contribution in [0.3, 0.4) is 0 Å². The number of nitrogens with one attached hydrogen (secondary N) is 2. The van der Waals surface area contributed by atoms with Gasteiger partial charge in [-0.1, -0.05) is 26.0 Å². The van der Waals surface area contributed by atoms with Crippen molar-refractivity contribution in [2.45, 2.75) is 64.0 Å². The molecule has 7 nitrogen and oxygen atoms in total. The number of rotatable bonds is 14. The third-order valence-electron chi connectivity index (χ3n) is 7.46. The highest BCUT2D eigenvalue weighted by molar-refractivity contribution is 5.74. The van der Waals surface area contributed by atoms with Gasteiger partial charge in [0, 0.05) is 45.3 Å². The van der Waals surface area contributed by atoms with E-state index in [2.05, 4.69) is 24.5 Å². The van der Waals surface area contributed by atoms with Crippen LogP contribution in [0.15, 0.2) is 48.5 Å². The van der Waals surface area contributed by atoms with Gasteiger partial charge in [0.05, 0.1) is 5.60 Å². The highest BCUT2D eigenvalue weighted by atomic mass is 19.1. The number of carbonyl (C=O) groups excluding carboxylic acids is 1. The monoisotopic (exact) mass is 543 g/mol. The Morgan fingerprint density at radius 3 is 2.64 bits per heavy atom. The van der Waals surface area contributed by atoms with E-state index in [1.54, 1.807) is 19.2 Å². The van der Waals surface area contributed by atoms with Crippen LogP contribution in [0.5, 0.6) is 11.5 Å². The van der Waals surface area contributed by atoms with Crippen LogP contribution in [0.2, 0.25) is 0 Å². The molecule has 1 heterocycles. The maximum atomic E-state index is 13.3. The number of halogens is 1. The molecule has 1 unspecified atom stereocenters. The molecular formula is C31H46FN3O4. The third kappa shape index (κ3) is 9.19. The SMILES string of the molecule is CNCC(CC(C)C)NC(=O)N1CCC[C@@H]([C@@](O)(CCCCOC)c2cccc(Oc3ccc(F)cc3)c2)C1. The van der Waals surface area contributed by atoms with E-state index >= 15 is 0 Å². The average molecular weight is 544 g/mol. The Balaban J connectivity index is 1.80.